The quantitative estimate of drug-likeness (QED) is 0.842. The third kappa shape index (κ3) is 2.96. The van der Waals surface area contributed by atoms with Gasteiger partial charge in [-0.3, -0.25) is 14.6 Å². The number of carbonyl (C=O) groups is 2. The van der Waals surface area contributed by atoms with E-state index in [0.717, 1.165) is 18.5 Å². The summed E-state index contributed by atoms with van der Waals surface area (Å²) in [5.41, 5.74) is -0.433. The lowest BCUT2D eigenvalue weighted by Crippen LogP contribution is -2.34. The Hall–Kier alpha value is -2.19. The van der Waals surface area contributed by atoms with Crippen LogP contribution in [-0.2, 0) is 4.79 Å². The summed E-state index contributed by atoms with van der Waals surface area (Å²) in [6.45, 7) is -1.42. The first-order chi connectivity index (χ1) is 9.71. The number of likely N-dealkylation sites (tertiary alicyclic amines) is 1. The van der Waals surface area contributed by atoms with Crippen LogP contribution >= 0.6 is 0 Å². The van der Waals surface area contributed by atoms with Crippen LogP contribution in [0.1, 0.15) is 10.4 Å². The maximum Gasteiger partial charge on any atom is 0.394 e. The Morgan fingerprint density at radius 3 is 2.48 bits per heavy atom. The molecule has 0 radical (unpaired) electrons. The van der Waals surface area contributed by atoms with Crippen LogP contribution in [0.3, 0.4) is 0 Å². The summed E-state index contributed by atoms with van der Waals surface area (Å²) in [6, 6.07) is 1.04. The van der Waals surface area contributed by atoms with Crippen molar-refractivity contribution in [2.45, 2.75) is 6.18 Å². The lowest BCUT2D eigenvalue weighted by Gasteiger charge is -2.18. The van der Waals surface area contributed by atoms with E-state index in [9.17, 15) is 27.2 Å². The predicted octanol–water partition coefficient (Wildman–Crippen LogP) is 1.56. The first kappa shape index (κ1) is 15.2. The first-order valence-corrected chi connectivity index (χ1v) is 5.90. The Labute approximate surface area is 116 Å². The zero-order chi connectivity index (χ0) is 15.8. The number of rotatable bonds is 2. The molecule has 9 heteroatoms. The fraction of sp³-hybridized carbons (Fsp3) is 0.417. The van der Waals surface area contributed by atoms with Gasteiger partial charge in [-0.2, -0.15) is 13.2 Å². The molecule has 1 saturated heterocycles. The molecule has 1 aromatic heterocycles. The molecule has 2 rings (SSSR count). The number of hydrogen-bond acceptors (Lipinski definition) is 3. The van der Waals surface area contributed by atoms with Crippen LogP contribution in [-0.4, -0.2) is 46.1 Å². The third-order valence-electron chi connectivity index (χ3n) is 3.35. The lowest BCUT2D eigenvalue weighted by molar-refractivity contribution is -0.187. The van der Waals surface area contributed by atoms with E-state index in [1.165, 1.54) is 0 Å². The van der Waals surface area contributed by atoms with E-state index in [4.69, 9.17) is 5.11 Å². The van der Waals surface area contributed by atoms with Crippen LogP contribution in [0.2, 0.25) is 0 Å². The van der Waals surface area contributed by atoms with Gasteiger partial charge >= 0.3 is 12.1 Å². The molecule has 5 nitrogen and oxygen atoms in total. The lowest BCUT2D eigenvalue weighted by atomic mass is 9.96. The van der Waals surface area contributed by atoms with Crippen molar-refractivity contribution in [3.63, 3.8) is 0 Å². The third-order valence-corrected chi connectivity index (χ3v) is 3.35. The topological polar surface area (TPSA) is 70.5 Å². The van der Waals surface area contributed by atoms with Crippen LogP contribution in [0.5, 0.6) is 0 Å². The van der Waals surface area contributed by atoms with Crippen LogP contribution in [0, 0.1) is 17.7 Å². The number of nitrogens with zero attached hydrogens (tertiary/aromatic N) is 2. The van der Waals surface area contributed by atoms with E-state index < -0.39 is 54.4 Å². The highest BCUT2D eigenvalue weighted by molar-refractivity contribution is 5.95. The van der Waals surface area contributed by atoms with Gasteiger partial charge in [0.15, 0.2) is 5.82 Å². The molecule has 1 fully saturated rings. The van der Waals surface area contributed by atoms with E-state index >= 15 is 0 Å². The van der Waals surface area contributed by atoms with Crippen molar-refractivity contribution in [1.29, 1.82) is 0 Å². The number of pyridine rings is 1. The summed E-state index contributed by atoms with van der Waals surface area (Å²) in [6.07, 6.45) is -2.85. The molecular formula is C12H10F4N2O3. The second-order valence-corrected chi connectivity index (χ2v) is 4.66. The average molecular weight is 306 g/mol. The molecule has 1 aliphatic rings. The maximum absolute atomic E-state index is 13.4. The molecule has 0 unspecified atom stereocenters. The van der Waals surface area contributed by atoms with Gasteiger partial charge in [-0.05, 0) is 6.07 Å². The summed E-state index contributed by atoms with van der Waals surface area (Å²) in [5, 5.41) is 8.85. The highest BCUT2D eigenvalue weighted by atomic mass is 19.4. The van der Waals surface area contributed by atoms with Gasteiger partial charge in [0.2, 0.25) is 0 Å². The van der Waals surface area contributed by atoms with Crippen molar-refractivity contribution in [2.75, 3.05) is 13.1 Å². The molecule has 114 valence electrons. The smallest absolute Gasteiger partial charge is 0.394 e. The number of hydrogen-bond donors (Lipinski definition) is 1. The van der Waals surface area contributed by atoms with Gasteiger partial charge in [0, 0.05) is 19.3 Å². The van der Waals surface area contributed by atoms with E-state index in [1.807, 2.05) is 0 Å². The molecule has 0 spiro atoms. The van der Waals surface area contributed by atoms with Crippen molar-refractivity contribution in [2.24, 2.45) is 11.8 Å². The van der Waals surface area contributed by atoms with Crippen LogP contribution < -0.4 is 0 Å². The molecule has 1 aliphatic heterocycles. The van der Waals surface area contributed by atoms with Gasteiger partial charge in [0.1, 0.15) is 0 Å². The van der Waals surface area contributed by atoms with E-state index in [-0.39, 0.29) is 0 Å². The summed E-state index contributed by atoms with van der Waals surface area (Å²) in [4.78, 5) is 27.0. The minimum atomic E-state index is -4.74. The number of carboxylic acid groups (broad SMARTS) is 1. The van der Waals surface area contributed by atoms with Crippen molar-refractivity contribution in [3.8, 4) is 0 Å². The van der Waals surface area contributed by atoms with Gasteiger partial charge in [0.25, 0.3) is 5.91 Å². The Bertz CT molecular complexity index is 576. The summed E-state index contributed by atoms with van der Waals surface area (Å²) in [7, 11) is 0. The Morgan fingerprint density at radius 1 is 1.33 bits per heavy atom. The average Bonchev–Trinajstić information content (AvgIpc) is 2.83. The number of halogens is 4. The van der Waals surface area contributed by atoms with Gasteiger partial charge in [-0.25, -0.2) is 4.39 Å². The molecule has 2 atom stereocenters. The Morgan fingerprint density at radius 2 is 2.00 bits per heavy atom. The molecule has 21 heavy (non-hydrogen) atoms. The molecule has 1 N–H and O–H groups in total. The molecule has 0 aliphatic carbocycles. The number of carboxylic acids is 1. The van der Waals surface area contributed by atoms with E-state index in [2.05, 4.69) is 4.98 Å². The summed E-state index contributed by atoms with van der Waals surface area (Å²) < 4.78 is 51.8. The number of aromatic nitrogens is 1. The fourth-order valence-corrected chi connectivity index (χ4v) is 2.27. The van der Waals surface area contributed by atoms with Gasteiger partial charge in [-0.15, -0.1) is 0 Å². The van der Waals surface area contributed by atoms with Gasteiger partial charge in [0.05, 0.1) is 23.6 Å². The highest BCUT2D eigenvalue weighted by Gasteiger charge is 2.53. The van der Waals surface area contributed by atoms with Gasteiger partial charge < -0.3 is 10.0 Å². The molecule has 1 amide bonds. The zero-order valence-electron chi connectivity index (χ0n) is 10.5. The van der Waals surface area contributed by atoms with Crippen molar-refractivity contribution in [3.05, 3.63) is 29.8 Å². The van der Waals surface area contributed by atoms with Crippen LogP contribution in [0.25, 0.3) is 0 Å². The van der Waals surface area contributed by atoms with Crippen molar-refractivity contribution < 1.29 is 32.3 Å². The number of aliphatic carboxylic acids is 1. The molecular weight excluding hydrogens is 296 g/mol. The normalized spacial score (nSPS) is 22.4. The maximum atomic E-state index is 13.4. The fourth-order valence-electron chi connectivity index (χ4n) is 2.27. The largest absolute Gasteiger partial charge is 0.481 e. The highest BCUT2D eigenvalue weighted by Crippen LogP contribution is 2.38. The first-order valence-electron chi connectivity index (χ1n) is 5.90. The minimum absolute atomic E-state index is 0.433. The zero-order valence-corrected chi connectivity index (χ0v) is 10.5. The van der Waals surface area contributed by atoms with Gasteiger partial charge in [-0.1, -0.05) is 0 Å². The predicted molar refractivity (Wildman–Crippen MR) is 60.8 cm³/mol. The SMILES string of the molecule is O=C(O)[C@@H]1CN(C(=O)c2ccncc2F)C[C@H]1C(F)(F)F. The summed E-state index contributed by atoms with van der Waals surface area (Å²) >= 11 is 0. The second kappa shape index (κ2) is 5.30. The van der Waals surface area contributed by atoms with E-state index in [0.29, 0.717) is 4.90 Å². The van der Waals surface area contributed by atoms with Crippen LogP contribution in [0.4, 0.5) is 17.6 Å². The number of carbonyl (C=O) groups excluding carboxylic acids is 1. The molecule has 2 heterocycles. The van der Waals surface area contributed by atoms with Crippen molar-refractivity contribution >= 4 is 11.9 Å². The molecule has 0 saturated carbocycles. The number of alkyl halides is 3. The standard InChI is InChI=1S/C12H10F4N2O3/c13-9-3-17-2-1-6(9)10(19)18-4-7(11(20)21)8(5-18)12(14,15)16/h1-3,7-8H,4-5H2,(H,20,21)/t7-,8-/m1/s1. The molecule has 0 bridgehead atoms. The van der Waals surface area contributed by atoms with Crippen LogP contribution in [0.15, 0.2) is 18.5 Å². The minimum Gasteiger partial charge on any atom is -0.481 e. The molecule has 1 aromatic rings. The number of amides is 1. The summed E-state index contributed by atoms with van der Waals surface area (Å²) in [5.74, 6) is -7.50. The second-order valence-electron chi connectivity index (χ2n) is 4.66. The Kier molecular flexibility index (Phi) is 3.84. The Balaban J connectivity index is 2.25. The van der Waals surface area contributed by atoms with E-state index in [1.54, 1.807) is 0 Å². The van der Waals surface area contributed by atoms with Crippen molar-refractivity contribution in [1.82, 2.24) is 9.88 Å². The monoisotopic (exact) mass is 306 g/mol. The molecule has 0 aromatic carbocycles.